The van der Waals surface area contributed by atoms with E-state index in [9.17, 15) is 13.2 Å². The number of nitrogens with one attached hydrogen (secondary N) is 1. The van der Waals surface area contributed by atoms with Crippen LogP contribution in [0.25, 0.3) is 0 Å². The van der Waals surface area contributed by atoms with Gasteiger partial charge in [0, 0.05) is 19.8 Å². The molecule has 1 saturated heterocycles. The number of carbonyl (C=O) groups excluding carboxylic acids is 1. The van der Waals surface area contributed by atoms with Crippen molar-refractivity contribution in [2.24, 2.45) is 5.92 Å². The molecule has 16 heavy (non-hydrogen) atoms. The quantitative estimate of drug-likeness (QED) is 0.671. The Labute approximate surface area is 96.5 Å². The second-order valence-corrected chi connectivity index (χ2v) is 6.17. The number of sulfone groups is 1. The molecule has 1 atom stereocenters. The maximum absolute atomic E-state index is 11.5. The van der Waals surface area contributed by atoms with E-state index in [4.69, 9.17) is 4.74 Å². The van der Waals surface area contributed by atoms with E-state index in [0.717, 1.165) is 6.42 Å². The summed E-state index contributed by atoms with van der Waals surface area (Å²) in [6.45, 7) is 3.77. The van der Waals surface area contributed by atoms with Crippen LogP contribution in [-0.4, -0.2) is 45.6 Å². The highest BCUT2D eigenvalue weighted by Gasteiger charge is 2.32. The molecule has 1 aliphatic heterocycles. The summed E-state index contributed by atoms with van der Waals surface area (Å²) < 4.78 is 27.4. The second-order valence-electron chi connectivity index (χ2n) is 3.94. The largest absolute Gasteiger partial charge is 0.382 e. The fourth-order valence-corrected chi connectivity index (χ4v) is 3.42. The Morgan fingerprint density at radius 3 is 2.81 bits per heavy atom. The monoisotopic (exact) mass is 249 g/mol. The van der Waals surface area contributed by atoms with Gasteiger partial charge in [0.15, 0.2) is 9.84 Å². The minimum atomic E-state index is -2.97. The molecule has 0 radical (unpaired) electrons. The van der Waals surface area contributed by atoms with Gasteiger partial charge in [0.1, 0.15) is 0 Å². The molecule has 1 amide bonds. The van der Waals surface area contributed by atoms with E-state index in [1.54, 1.807) is 0 Å². The van der Waals surface area contributed by atoms with Crippen LogP contribution in [-0.2, 0) is 19.4 Å². The van der Waals surface area contributed by atoms with Gasteiger partial charge in [-0.25, -0.2) is 8.42 Å². The van der Waals surface area contributed by atoms with Gasteiger partial charge in [0.2, 0.25) is 5.91 Å². The Balaban J connectivity index is 2.16. The molecule has 0 aromatic carbocycles. The number of carbonyl (C=O) groups is 1. The van der Waals surface area contributed by atoms with E-state index in [1.807, 2.05) is 6.92 Å². The van der Waals surface area contributed by atoms with E-state index < -0.39 is 9.84 Å². The summed E-state index contributed by atoms with van der Waals surface area (Å²) in [7, 11) is -2.97. The van der Waals surface area contributed by atoms with Crippen molar-refractivity contribution in [2.45, 2.75) is 19.8 Å². The van der Waals surface area contributed by atoms with Crippen LogP contribution in [0.1, 0.15) is 19.8 Å². The van der Waals surface area contributed by atoms with Crippen molar-refractivity contribution in [3.63, 3.8) is 0 Å². The summed E-state index contributed by atoms with van der Waals surface area (Å²) in [5.41, 5.74) is 0. The Morgan fingerprint density at radius 1 is 1.50 bits per heavy atom. The van der Waals surface area contributed by atoms with Crippen molar-refractivity contribution in [3.8, 4) is 0 Å². The van der Waals surface area contributed by atoms with Crippen LogP contribution in [0.15, 0.2) is 0 Å². The third-order valence-electron chi connectivity index (χ3n) is 2.57. The van der Waals surface area contributed by atoms with Crippen LogP contribution in [0.3, 0.4) is 0 Å². The van der Waals surface area contributed by atoms with E-state index in [0.29, 0.717) is 26.2 Å². The molecule has 0 aromatic heterocycles. The lowest BCUT2D eigenvalue weighted by Crippen LogP contribution is -2.32. The zero-order valence-electron chi connectivity index (χ0n) is 9.57. The molecule has 1 fully saturated rings. The van der Waals surface area contributed by atoms with Gasteiger partial charge < -0.3 is 10.1 Å². The average molecular weight is 249 g/mol. The summed E-state index contributed by atoms with van der Waals surface area (Å²) in [6, 6.07) is 0. The maximum Gasteiger partial charge on any atom is 0.224 e. The molecule has 1 unspecified atom stereocenters. The van der Waals surface area contributed by atoms with Crippen LogP contribution in [0.5, 0.6) is 0 Å². The van der Waals surface area contributed by atoms with Gasteiger partial charge >= 0.3 is 0 Å². The van der Waals surface area contributed by atoms with Gasteiger partial charge in [-0.1, -0.05) is 0 Å². The smallest absolute Gasteiger partial charge is 0.224 e. The minimum absolute atomic E-state index is 0.00426. The van der Waals surface area contributed by atoms with E-state index in [2.05, 4.69) is 5.32 Å². The highest BCUT2D eigenvalue weighted by atomic mass is 32.2. The average Bonchev–Trinajstić information content (AvgIpc) is 2.58. The molecule has 0 spiro atoms. The van der Waals surface area contributed by atoms with Crippen LogP contribution >= 0.6 is 0 Å². The predicted octanol–water partition coefficient (Wildman–Crippen LogP) is -0.0361. The van der Waals surface area contributed by atoms with Crippen molar-refractivity contribution >= 4 is 15.7 Å². The van der Waals surface area contributed by atoms with Crippen molar-refractivity contribution in [1.29, 1.82) is 0 Å². The summed E-state index contributed by atoms with van der Waals surface area (Å²) in [5, 5.41) is 2.74. The van der Waals surface area contributed by atoms with Crippen LogP contribution in [0.4, 0.5) is 0 Å². The molecule has 1 rings (SSSR count). The third kappa shape index (κ3) is 4.49. The number of ether oxygens (including phenoxy) is 1. The lowest BCUT2D eigenvalue weighted by atomic mass is 10.1. The Morgan fingerprint density at radius 2 is 2.25 bits per heavy atom. The Bertz CT molecular complexity index is 326. The molecule has 0 aromatic rings. The van der Waals surface area contributed by atoms with Crippen LogP contribution < -0.4 is 5.32 Å². The number of amides is 1. The van der Waals surface area contributed by atoms with E-state index in [1.165, 1.54) is 0 Å². The van der Waals surface area contributed by atoms with Gasteiger partial charge in [-0.15, -0.1) is 0 Å². The molecule has 1 heterocycles. The zero-order chi connectivity index (χ0) is 12.0. The fourth-order valence-electron chi connectivity index (χ4n) is 1.68. The molecule has 1 N–H and O–H groups in total. The summed E-state index contributed by atoms with van der Waals surface area (Å²) in [4.78, 5) is 11.5. The number of hydrogen-bond acceptors (Lipinski definition) is 4. The normalized spacial score (nSPS) is 23.2. The number of hydrogen-bond donors (Lipinski definition) is 1. The molecule has 1 aliphatic rings. The SMILES string of the molecule is CCOCCCNC(=O)C1CCS(=O)(=O)C1. The summed E-state index contributed by atoms with van der Waals surface area (Å²) in [6.07, 6.45) is 1.22. The first-order valence-corrected chi connectivity index (χ1v) is 7.43. The molecule has 6 heteroatoms. The first-order chi connectivity index (χ1) is 7.55. The van der Waals surface area contributed by atoms with Crippen molar-refractivity contribution < 1.29 is 17.9 Å². The third-order valence-corrected chi connectivity index (χ3v) is 4.34. The first kappa shape index (κ1) is 13.4. The molecule has 0 bridgehead atoms. The van der Waals surface area contributed by atoms with Gasteiger partial charge in [-0.2, -0.15) is 0 Å². The van der Waals surface area contributed by atoms with Gasteiger partial charge in [0.05, 0.1) is 17.4 Å². The van der Waals surface area contributed by atoms with E-state index >= 15 is 0 Å². The Kier molecular flexibility index (Phi) is 5.21. The molecular formula is C10H19NO4S. The van der Waals surface area contributed by atoms with E-state index in [-0.39, 0.29) is 23.3 Å². The highest BCUT2D eigenvalue weighted by molar-refractivity contribution is 7.91. The minimum Gasteiger partial charge on any atom is -0.382 e. The van der Waals surface area contributed by atoms with Crippen molar-refractivity contribution in [3.05, 3.63) is 0 Å². The molecule has 0 aliphatic carbocycles. The zero-order valence-corrected chi connectivity index (χ0v) is 10.4. The summed E-state index contributed by atoms with van der Waals surface area (Å²) in [5.74, 6) is -0.344. The Hall–Kier alpha value is -0.620. The van der Waals surface area contributed by atoms with Crippen molar-refractivity contribution in [1.82, 2.24) is 5.32 Å². The van der Waals surface area contributed by atoms with Gasteiger partial charge in [-0.05, 0) is 19.8 Å². The summed E-state index contributed by atoms with van der Waals surface area (Å²) >= 11 is 0. The fraction of sp³-hybridized carbons (Fsp3) is 0.900. The number of rotatable bonds is 6. The van der Waals surface area contributed by atoms with Crippen LogP contribution in [0, 0.1) is 5.92 Å². The topological polar surface area (TPSA) is 72.5 Å². The van der Waals surface area contributed by atoms with Crippen LogP contribution in [0.2, 0.25) is 0 Å². The highest BCUT2D eigenvalue weighted by Crippen LogP contribution is 2.18. The predicted molar refractivity (Wildman–Crippen MR) is 60.9 cm³/mol. The lowest BCUT2D eigenvalue weighted by molar-refractivity contribution is -0.124. The molecule has 0 saturated carbocycles. The standard InChI is InChI=1S/C10H19NO4S/c1-2-15-6-3-5-11-10(12)9-4-7-16(13,14)8-9/h9H,2-8H2,1H3,(H,11,12). The first-order valence-electron chi connectivity index (χ1n) is 5.61. The molecule has 5 nitrogen and oxygen atoms in total. The maximum atomic E-state index is 11.5. The molecular weight excluding hydrogens is 230 g/mol. The van der Waals surface area contributed by atoms with Gasteiger partial charge in [0.25, 0.3) is 0 Å². The lowest BCUT2D eigenvalue weighted by Gasteiger charge is -2.09. The molecule has 94 valence electrons. The van der Waals surface area contributed by atoms with Crippen molar-refractivity contribution in [2.75, 3.05) is 31.3 Å². The van der Waals surface area contributed by atoms with Gasteiger partial charge in [-0.3, -0.25) is 4.79 Å². The second kappa shape index (κ2) is 6.20.